The molecule has 0 unspecified atom stereocenters. The first-order valence-electron chi connectivity index (χ1n) is 7.37. The highest BCUT2D eigenvalue weighted by molar-refractivity contribution is 5.99. The van der Waals surface area contributed by atoms with E-state index in [0.717, 1.165) is 22.2 Å². The monoisotopic (exact) mass is 304 g/mol. The maximum atomic E-state index is 12.6. The van der Waals surface area contributed by atoms with Gasteiger partial charge in [0.2, 0.25) is 0 Å². The number of benzene rings is 1. The molecular formula is C17H24N2O3. The first-order valence-corrected chi connectivity index (χ1v) is 7.37. The lowest BCUT2D eigenvalue weighted by Crippen LogP contribution is -2.41. The Labute approximate surface area is 130 Å². The van der Waals surface area contributed by atoms with E-state index in [0.29, 0.717) is 12.1 Å². The molecule has 0 saturated carbocycles. The van der Waals surface area contributed by atoms with Crippen molar-refractivity contribution in [3.63, 3.8) is 0 Å². The van der Waals surface area contributed by atoms with Crippen molar-refractivity contribution in [2.24, 2.45) is 5.41 Å². The Bertz CT molecular complexity index is 687. The van der Waals surface area contributed by atoms with Crippen LogP contribution in [-0.2, 0) is 0 Å². The summed E-state index contributed by atoms with van der Waals surface area (Å²) in [6.07, 6.45) is 0. The summed E-state index contributed by atoms with van der Waals surface area (Å²) in [4.78, 5) is 17.4. The van der Waals surface area contributed by atoms with Crippen molar-refractivity contribution in [3.05, 3.63) is 35.0 Å². The van der Waals surface area contributed by atoms with Crippen molar-refractivity contribution in [1.82, 2.24) is 9.88 Å². The van der Waals surface area contributed by atoms with Gasteiger partial charge in [-0.05, 0) is 37.6 Å². The Morgan fingerprint density at radius 1 is 1.27 bits per heavy atom. The SMILES string of the molecule is Cc1[nH]c2ccc(C(=O)N(C)CC(C)(CO)CO)cc2c1C. The summed E-state index contributed by atoms with van der Waals surface area (Å²) in [6, 6.07) is 5.60. The number of fused-ring (bicyclic) bond motifs is 1. The highest BCUT2D eigenvalue weighted by Gasteiger charge is 2.27. The summed E-state index contributed by atoms with van der Waals surface area (Å²) in [5.74, 6) is -0.117. The minimum atomic E-state index is -0.699. The van der Waals surface area contributed by atoms with Gasteiger partial charge < -0.3 is 20.1 Å². The molecule has 22 heavy (non-hydrogen) atoms. The second kappa shape index (κ2) is 6.10. The zero-order chi connectivity index (χ0) is 16.5. The number of hydrogen-bond acceptors (Lipinski definition) is 3. The fourth-order valence-corrected chi connectivity index (χ4v) is 2.61. The number of carbonyl (C=O) groups is 1. The number of H-pyrrole nitrogens is 1. The second-order valence-electron chi connectivity index (χ2n) is 6.42. The third-order valence-corrected chi connectivity index (χ3v) is 4.28. The van der Waals surface area contributed by atoms with Gasteiger partial charge in [-0.25, -0.2) is 0 Å². The first-order chi connectivity index (χ1) is 10.3. The van der Waals surface area contributed by atoms with Crippen LogP contribution in [0.3, 0.4) is 0 Å². The predicted molar refractivity (Wildman–Crippen MR) is 87.0 cm³/mol. The molecule has 1 amide bonds. The zero-order valence-electron chi connectivity index (χ0n) is 13.6. The largest absolute Gasteiger partial charge is 0.396 e. The molecule has 2 aromatic rings. The molecule has 0 bridgehead atoms. The highest BCUT2D eigenvalue weighted by atomic mass is 16.3. The van der Waals surface area contributed by atoms with Crippen LogP contribution in [0.1, 0.15) is 28.5 Å². The fraction of sp³-hybridized carbons (Fsp3) is 0.471. The normalized spacial score (nSPS) is 11.9. The first kappa shape index (κ1) is 16.5. The molecule has 0 radical (unpaired) electrons. The van der Waals surface area contributed by atoms with Gasteiger partial charge in [0.1, 0.15) is 0 Å². The van der Waals surface area contributed by atoms with Gasteiger partial charge in [0, 0.05) is 41.2 Å². The van der Waals surface area contributed by atoms with E-state index in [1.807, 2.05) is 26.0 Å². The minimum absolute atomic E-state index is 0.117. The van der Waals surface area contributed by atoms with E-state index in [1.54, 1.807) is 24.9 Å². The van der Waals surface area contributed by atoms with Crippen LogP contribution in [0.15, 0.2) is 18.2 Å². The summed E-state index contributed by atoms with van der Waals surface area (Å²) in [5, 5.41) is 19.8. The van der Waals surface area contributed by atoms with E-state index in [-0.39, 0.29) is 19.1 Å². The second-order valence-corrected chi connectivity index (χ2v) is 6.42. The molecule has 0 spiro atoms. The van der Waals surface area contributed by atoms with Crippen molar-refractivity contribution < 1.29 is 15.0 Å². The van der Waals surface area contributed by atoms with Crippen LogP contribution < -0.4 is 0 Å². The maximum Gasteiger partial charge on any atom is 0.253 e. The average Bonchev–Trinajstić information content (AvgIpc) is 2.80. The van der Waals surface area contributed by atoms with Gasteiger partial charge in [-0.2, -0.15) is 0 Å². The number of nitrogens with one attached hydrogen (secondary N) is 1. The summed E-state index contributed by atoms with van der Waals surface area (Å²) in [6.45, 7) is 5.74. The predicted octanol–water partition coefficient (Wildman–Crippen LogP) is 1.85. The summed E-state index contributed by atoms with van der Waals surface area (Å²) < 4.78 is 0. The van der Waals surface area contributed by atoms with Crippen LogP contribution in [0.25, 0.3) is 10.9 Å². The van der Waals surface area contributed by atoms with E-state index in [4.69, 9.17) is 0 Å². The van der Waals surface area contributed by atoms with Crippen LogP contribution in [0.5, 0.6) is 0 Å². The van der Waals surface area contributed by atoms with Crippen molar-refractivity contribution in [1.29, 1.82) is 0 Å². The molecule has 5 nitrogen and oxygen atoms in total. The lowest BCUT2D eigenvalue weighted by Gasteiger charge is -2.30. The molecule has 0 aliphatic carbocycles. The molecule has 0 aliphatic heterocycles. The molecule has 0 aliphatic rings. The number of carbonyl (C=O) groups excluding carboxylic acids is 1. The molecule has 5 heteroatoms. The van der Waals surface area contributed by atoms with Gasteiger partial charge in [-0.1, -0.05) is 6.92 Å². The minimum Gasteiger partial charge on any atom is -0.396 e. The highest BCUT2D eigenvalue weighted by Crippen LogP contribution is 2.23. The van der Waals surface area contributed by atoms with Crippen molar-refractivity contribution >= 4 is 16.8 Å². The molecule has 1 aromatic heterocycles. The molecule has 120 valence electrons. The Kier molecular flexibility index (Phi) is 4.58. The molecule has 1 aromatic carbocycles. The summed E-state index contributed by atoms with van der Waals surface area (Å²) in [5.41, 5.74) is 3.17. The standard InChI is InChI=1S/C17H24N2O3/c1-11-12(2)18-15-6-5-13(7-14(11)15)16(22)19(4)8-17(3,9-20)10-21/h5-7,18,20-21H,8-10H2,1-4H3. The van der Waals surface area contributed by atoms with Crippen LogP contribution in [0.2, 0.25) is 0 Å². The Morgan fingerprint density at radius 3 is 2.50 bits per heavy atom. The summed E-state index contributed by atoms with van der Waals surface area (Å²) >= 11 is 0. The number of aromatic amines is 1. The van der Waals surface area contributed by atoms with Crippen LogP contribution in [0.4, 0.5) is 0 Å². The summed E-state index contributed by atoms with van der Waals surface area (Å²) in [7, 11) is 1.69. The van der Waals surface area contributed by atoms with E-state index in [1.165, 1.54) is 0 Å². The van der Waals surface area contributed by atoms with Crippen LogP contribution >= 0.6 is 0 Å². The number of rotatable bonds is 5. The third kappa shape index (κ3) is 3.00. The average molecular weight is 304 g/mol. The van der Waals surface area contributed by atoms with Crippen LogP contribution in [-0.4, -0.2) is 52.8 Å². The Hall–Kier alpha value is -1.85. The molecule has 1 heterocycles. The molecule has 0 fully saturated rings. The zero-order valence-corrected chi connectivity index (χ0v) is 13.6. The number of hydrogen-bond donors (Lipinski definition) is 3. The number of aromatic nitrogens is 1. The lowest BCUT2D eigenvalue weighted by atomic mass is 9.92. The molecule has 2 rings (SSSR count). The number of aryl methyl sites for hydroxylation is 2. The van der Waals surface area contributed by atoms with Gasteiger partial charge in [-0.15, -0.1) is 0 Å². The van der Waals surface area contributed by atoms with E-state index < -0.39 is 5.41 Å². The molecular weight excluding hydrogens is 280 g/mol. The molecule has 0 saturated heterocycles. The molecule has 3 N–H and O–H groups in total. The number of aliphatic hydroxyl groups excluding tert-OH is 2. The van der Waals surface area contributed by atoms with E-state index in [2.05, 4.69) is 4.98 Å². The number of aliphatic hydroxyl groups is 2. The van der Waals surface area contributed by atoms with Crippen molar-refractivity contribution in [3.8, 4) is 0 Å². The van der Waals surface area contributed by atoms with E-state index in [9.17, 15) is 15.0 Å². The maximum absolute atomic E-state index is 12.6. The third-order valence-electron chi connectivity index (χ3n) is 4.28. The van der Waals surface area contributed by atoms with Gasteiger partial charge in [0.25, 0.3) is 5.91 Å². The topological polar surface area (TPSA) is 76.6 Å². The quantitative estimate of drug-likeness (QED) is 0.789. The van der Waals surface area contributed by atoms with Gasteiger partial charge in [-0.3, -0.25) is 4.79 Å². The molecule has 0 atom stereocenters. The number of nitrogens with zero attached hydrogens (tertiary/aromatic N) is 1. The lowest BCUT2D eigenvalue weighted by molar-refractivity contribution is 0.0366. The van der Waals surface area contributed by atoms with Crippen molar-refractivity contribution in [2.75, 3.05) is 26.8 Å². The van der Waals surface area contributed by atoms with Gasteiger partial charge >= 0.3 is 0 Å². The smallest absolute Gasteiger partial charge is 0.253 e. The number of amides is 1. The fourth-order valence-electron chi connectivity index (χ4n) is 2.61. The van der Waals surface area contributed by atoms with E-state index >= 15 is 0 Å². The Morgan fingerprint density at radius 2 is 1.91 bits per heavy atom. The van der Waals surface area contributed by atoms with Crippen LogP contribution in [0, 0.1) is 19.3 Å². The Balaban J connectivity index is 2.27. The van der Waals surface area contributed by atoms with Gasteiger partial charge in [0.15, 0.2) is 0 Å². The van der Waals surface area contributed by atoms with Crippen molar-refractivity contribution in [2.45, 2.75) is 20.8 Å². The van der Waals surface area contributed by atoms with Gasteiger partial charge in [0.05, 0.1) is 13.2 Å².